The quantitative estimate of drug-likeness (QED) is 0.849. The van der Waals surface area contributed by atoms with E-state index in [-0.39, 0.29) is 11.9 Å². The van der Waals surface area contributed by atoms with Crippen LogP contribution in [0.2, 0.25) is 0 Å². The van der Waals surface area contributed by atoms with Crippen molar-refractivity contribution in [1.29, 1.82) is 0 Å². The van der Waals surface area contributed by atoms with Crippen molar-refractivity contribution in [3.05, 3.63) is 53.6 Å². The summed E-state index contributed by atoms with van der Waals surface area (Å²) < 4.78 is 10.6. The highest BCUT2D eigenvalue weighted by Gasteiger charge is 2.21. The fourth-order valence-corrected chi connectivity index (χ4v) is 4.15. The topological polar surface area (TPSA) is 47.6 Å². The Morgan fingerprint density at radius 2 is 1.88 bits per heavy atom. The van der Waals surface area contributed by atoms with Gasteiger partial charge in [0, 0.05) is 23.1 Å². The van der Waals surface area contributed by atoms with E-state index < -0.39 is 0 Å². The highest BCUT2D eigenvalue weighted by molar-refractivity contribution is 7.99. The van der Waals surface area contributed by atoms with E-state index in [4.69, 9.17) is 9.47 Å². The number of hydrogen-bond acceptors (Lipinski definition) is 4. The maximum atomic E-state index is 12.4. The molecule has 5 heteroatoms. The van der Waals surface area contributed by atoms with Crippen LogP contribution in [-0.2, 0) is 11.2 Å². The minimum absolute atomic E-state index is 0.0773. The van der Waals surface area contributed by atoms with Gasteiger partial charge in [-0.1, -0.05) is 18.2 Å². The summed E-state index contributed by atoms with van der Waals surface area (Å²) in [6.45, 7) is 0. The average molecular weight is 357 g/mol. The van der Waals surface area contributed by atoms with E-state index >= 15 is 0 Å². The van der Waals surface area contributed by atoms with E-state index in [1.54, 1.807) is 14.2 Å². The van der Waals surface area contributed by atoms with Crippen molar-refractivity contribution < 1.29 is 14.3 Å². The summed E-state index contributed by atoms with van der Waals surface area (Å²) in [7, 11) is 3.26. The molecule has 1 N–H and O–H groups in total. The van der Waals surface area contributed by atoms with Gasteiger partial charge in [0.2, 0.25) is 5.91 Å². The Morgan fingerprint density at radius 3 is 2.60 bits per heavy atom. The number of carbonyl (C=O) groups is 1. The maximum absolute atomic E-state index is 12.4. The second-order valence-corrected chi connectivity index (χ2v) is 7.15. The number of thioether (sulfide) groups is 1. The maximum Gasteiger partial charge on any atom is 0.220 e. The summed E-state index contributed by atoms with van der Waals surface area (Å²) in [5, 5.41) is 3.19. The van der Waals surface area contributed by atoms with Crippen LogP contribution in [0.3, 0.4) is 0 Å². The Bertz CT molecular complexity index is 725. The van der Waals surface area contributed by atoms with Gasteiger partial charge >= 0.3 is 0 Å². The minimum Gasteiger partial charge on any atom is -0.497 e. The van der Waals surface area contributed by atoms with Crippen molar-refractivity contribution in [2.75, 3.05) is 20.0 Å². The molecular weight excluding hydrogens is 334 g/mol. The summed E-state index contributed by atoms with van der Waals surface area (Å²) in [6, 6.07) is 14.2. The van der Waals surface area contributed by atoms with Gasteiger partial charge in [-0.3, -0.25) is 4.79 Å². The normalized spacial score (nSPS) is 16.0. The molecule has 0 aromatic heterocycles. The zero-order valence-electron chi connectivity index (χ0n) is 14.6. The van der Waals surface area contributed by atoms with Crippen molar-refractivity contribution in [3.63, 3.8) is 0 Å². The lowest BCUT2D eigenvalue weighted by Gasteiger charge is -2.25. The summed E-state index contributed by atoms with van der Waals surface area (Å²) >= 11 is 1.86. The fourth-order valence-electron chi connectivity index (χ4n) is 3.03. The number of carbonyl (C=O) groups excluding carboxylic acids is 1. The molecule has 0 fully saturated rings. The third kappa shape index (κ3) is 4.48. The lowest BCUT2D eigenvalue weighted by atomic mass is 10.0. The van der Waals surface area contributed by atoms with Crippen LogP contribution in [-0.4, -0.2) is 25.9 Å². The van der Waals surface area contributed by atoms with Crippen molar-refractivity contribution in [2.45, 2.75) is 30.2 Å². The van der Waals surface area contributed by atoms with Crippen LogP contribution < -0.4 is 14.8 Å². The second kappa shape index (κ2) is 8.30. The summed E-state index contributed by atoms with van der Waals surface area (Å²) in [5.74, 6) is 2.60. The van der Waals surface area contributed by atoms with Gasteiger partial charge in [0.1, 0.15) is 11.5 Å². The number of benzene rings is 2. The van der Waals surface area contributed by atoms with E-state index in [1.165, 1.54) is 10.5 Å². The third-order valence-corrected chi connectivity index (χ3v) is 5.47. The standard InChI is InChI=1S/C20H23NO3S/c1-23-15-11-14(12-16(13-15)24-2)7-8-20(22)21-18-9-10-25-19-6-4-3-5-17(18)19/h3-6,11-13,18H,7-10H2,1-2H3,(H,21,22)/t18-/m0/s1. The lowest BCUT2D eigenvalue weighted by molar-refractivity contribution is -0.121. The Balaban J connectivity index is 1.61. The van der Waals surface area contributed by atoms with Crippen molar-refractivity contribution >= 4 is 17.7 Å². The SMILES string of the molecule is COc1cc(CCC(=O)N[C@H]2CCSc3ccccc32)cc(OC)c1. The molecule has 2 aromatic rings. The predicted molar refractivity (Wildman–Crippen MR) is 101 cm³/mol. The molecular formula is C20H23NO3S. The second-order valence-electron chi connectivity index (χ2n) is 6.02. The summed E-state index contributed by atoms with van der Waals surface area (Å²) in [6.07, 6.45) is 2.07. The highest BCUT2D eigenvalue weighted by Crippen LogP contribution is 2.35. The molecule has 0 saturated heterocycles. The van der Waals surface area contributed by atoms with Crippen LogP contribution in [0.25, 0.3) is 0 Å². The van der Waals surface area contributed by atoms with Gasteiger partial charge < -0.3 is 14.8 Å². The van der Waals surface area contributed by atoms with Crippen molar-refractivity contribution in [3.8, 4) is 11.5 Å². The third-order valence-electron chi connectivity index (χ3n) is 4.35. The average Bonchev–Trinajstić information content (AvgIpc) is 2.66. The molecule has 1 aliphatic rings. The molecule has 1 heterocycles. The number of amides is 1. The van der Waals surface area contributed by atoms with E-state index in [1.807, 2.05) is 42.1 Å². The molecule has 4 nitrogen and oxygen atoms in total. The number of rotatable bonds is 6. The molecule has 0 unspecified atom stereocenters. The number of nitrogens with one attached hydrogen (secondary N) is 1. The molecule has 0 saturated carbocycles. The molecule has 0 bridgehead atoms. The van der Waals surface area contributed by atoms with Gasteiger partial charge in [-0.05, 0) is 42.2 Å². The van der Waals surface area contributed by atoms with E-state index in [0.717, 1.165) is 29.2 Å². The van der Waals surface area contributed by atoms with Gasteiger partial charge in [0.05, 0.1) is 20.3 Å². The Labute approximate surface area is 152 Å². The monoisotopic (exact) mass is 357 g/mol. The van der Waals surface area contributed by atoms with Gasteiger partial charge in [-0.15, -0.1) is 11.8 Å². The highest BCUT2D eigenvalue weighted by atomic mass is 32.2. The molecule has 0 aliphatic carbocycles. The van der Waals surface area contributed by atoms with Crippen molar-refractivity contribution in [2.24, 2.45) is 0 Å². The number of aryl methyl sites for hydroxylation is 1. The minimum atomic E-state index is 0.0773. The molecule has 1 aliphatic heterocycles. The number of ether oxygens (including phenoxy) is 2. The Kier molecular flexibility index (Phi) is 5.87. The Hall–Kier alpha value is -2.14. The van der Waals surface area contributed by atoms with Gasteiger partial charge in [0.25, 0.3) is 0 Å². The van der Waals surface area contributed by atoms with E-state index in [9.17, 15) is 4.79 Å². The van der Waals surface area contributed by atoms with Gasteiger partial charge in [-0.25, -0.2) is 0 Å². The largest absolute Gasteiger partial charge is 0.497 e. The number of fused-ring (bicyclic) bond motifs is 1. The first kappa shape index (κ1) is 17.7. The molecule has 2 aromatic carbocycles. The molecule has 0 radical (unpaired) electrons. The molecule has 132 valence electrons. The first-order valence-corrected chi connectivity index (χ1v) is 9.41. The van der Waals surface area contributed by atoms with Crippen LogP contribution in [0.15, 0.2) is 47.4 Å². The van der Waals surface area contributed by atoms with Crippen molar-refractivity contribution in [1.82, 2.24) is 5.32 Å². The zero-order valence-corrected chi connectivity index (χ0v) is 15.4. The first-order chi connectivity index (χ1) is 12.2. The van der Waals surface area contributed by atoms with E-state index in [2.05, 4.69) is 17.4 Å². The summed E-state index contributed by atoms with van der Waals surface area (Å²) in [5.41, 5.74) is 2.26. The van der Waals surface area contributed by atoms with E-state index in [0.29, 0.717) is 12.8 Å². The predicted octanol–water partition coefficient (Wildman–Crippen LogP) is 3.99. The van der Waals surface area contributed by atoms with Crippen LogP contribution in [0.5, 0.6) is 11.5 Å². The lowest BCUT2D eigenvalue weighted by Crippen LogP contribution is -2.30. The van der Waals surface area contributed by atoms with Crippen LogP contribution in [0.1, 0.15) is 30.0 Å². The molecule has 0 spiro atoms. The van der Waals surface area contributed by atoms with Crippen LogP contribution >= 0.6 is 11.8 Å². The van der Waals surface area contributed by atoms with Crippen LogP contribution in [0.4, 0.5) is 0 Å². The molecule has 25 heavy (non-hydrogen) atoms. The number of methoxy groups -OCH3 is 2. The molecule has 1 amide bonds. The smallest absolute Gasteiger partial charge is 0.220 e. The van der Waals surface area contributed by atoms with Gasteiger partial charge in [-0.2, -0.15) is 0 Å². The Morgan fingerprint density at radius 1 is 1.16 bits per heavy atom. The first-order valence-electron chi connectivity index (χ1n) is 8.42. The molecule has 1 atom stereocenters. The number of hydrogen-bond donors (Lipinski definition) is 1. The zero-order chi connectivity index (χ0) is 17.6. The van der Waals surface area contributed by atoms with Crippen LogP contribution in [0, 0.1) is 0 Å². The fraction of sp³-hybridized carbons (Fsp3) is 0.350. The summed E-state index contributed by atoms with van der Waals surface area (Å²) in [4.78, 5) is 13.7. The van der Waals surface area contributed by atoms with Gasteiger partial charge in [0.15, 0.2) is 0 Å². The molecule has 3 rings (SSSR count).